The summed E-state index contributed by atoms with van der Waals surface area (Å²) < 4.78 is 22.4. The monoisotopic (exact) mass is 233 g/mol. The Balaban J connectivity index is 2.14. The summed E-state index contributed by atoms with van der Waals surface area (Å²) in [4.78, 5) is 2.28. The Hall–Kier alpha value is -0.0900. The zero-order valence-corrected chi connectivity index (χ0v) is 10.7. The smallest absolute Gasteiger partial charge is 0.152 e. The van der Waals surface area contributed by atoms with Crippen LogP contribution in [0.5, 0.6) is 0 Å². The van der Waals surface area contributed by atoms with Gasteiger partial charge in [-0.05, 0) is 25.3 Å². The standard InChI is InChI=1S/C11H23NO2S/c1-3-11(2)5-4-6-12-7-9-15(13,14)10-8-12/h11H,3-10H2,1-2H3. The summed E-state index contributed by atoms with van der Waals surface area (Å²) in [7, 11) is -2.70. The van der Waals surface area contributed by atoms with Crippen LogP contribution in [0, 0.1) is 5.92 Å². The van der Waals surface area contributed by atoms with Crippen molar-refractivity contribution in [2.75, 3.05) is 31.1 Å². The number of rotatable bonds is 5. The van der Waals surface area contributed by atoms with Gasteiger partial charge >= 0.3 is 0 Å². The lowest BCUT2D eigenvalue weighted by atomic mass is 10.0. The maximum atomic E-state index is 11.2. The van der Waals surface area contributed by atoms with Crippen molar-refractivity contribution in [1.29, 1.82) is 0 Å². The molecule has 0 amide bonds. The third-order valence-corrected chi connectivity index (χ3v) is 4.91. The Bertz CT molecular complexity index is 260. The third kappa shape index (κ3) is 4.98. The lowest BCUT2D eigenvalue weighted by Gasteiger charge is -2.26. The highest BCUT2D eigenvalue weighted by Crippen LogP contribution is 2.11. The Morgan fingerprint density at radius 1 is 1.27 bits per heavy atom. The molecule has 1 heterocycles. The molecule has 90 valence electrons. The summed E-state index contributed by atoms with van der Waals surface area (Å²) in [5, 5.41) is 0. The maximum Gasteiger partial charge on any atom is 0.152 e. The van der Waals surface area contributed by atoms with Crippen molar-refractivity contribution >= 4 is 9.84 Å². The van der Waals surface area contributed by atoms with Crippen LogP contribution in [0.2, 0.25) is 0 Å². The quantitative estimate of drug-likeness (QED) is 0.723. The third-order valence-electron chi connectivity index (χ3n) is 3.31. The minimum absolute atomic E-state index is 0.357. The average Bonchev–Trinajstić information content (AvgIpc) is 2.20. The maximum absolute atomic E-state index is 11.2. The summed E-state index contributed by atoms with van der Waals surface area (Å²) in [5.74, 6) is 1.52. The van der Waals surface area contributed by atoms with Gasteiger partial charge in [0, 0.05) is 13.1 Å². The van der Waals surface area contributed by atoms with Crippen LogP contribution in [0.15, 0.2) is 0 Å². The first-order valence-corrected chi connectivity index (χ1v) is 7.78. The summed E-state index contributed by atoms with van der Waals surface area (Å²) in [6.45, 7) is 7.05. The van der Waals surface area contributed by atoms with E-state index in [1.165, 1.54) is 19.3 Å². The van der Waals surface area contributed by atoms with Gasteiger partial charge in [-0.25, -0.2) is 8.42 Å². The molecule has 0 spiro atoms. The molecular weight excluding hydrogens is 210 g/mol. The number of hydrogen-bond acceptors (Lipinski definition) is 3. The Morgan fingerprint density at radius 3 is 2.40 bits per heavy atom. The fourth-order valence-corrected chi connectivity index (χ4v) is 3.12. The van der Waals surface area contributed by atoms with Gasteiger partial charge in [-0.1, -0.05) is 20.3 Å². The van der Waals surface area contributed by atoms with Crippen LogP contribution in [0.1, 0.15) is 33.1 Å². The zero-order chi connectivity index (χ0) is 11.3. The first kappa shape index (κ1) is 13.0. The van der Waals surface area contributed by atoms with Crippen molar-refractivity contribution in [2.24, 2.45) is 5.92 Å². The summed E-state index contributed by atoms with van der Waals surface area (Å²) in [5.41, 5.74) is 0. The fraction of sp³-hybridized carbons (Fsp3) is 1.00. The van der Waals surface area contributed by atoms with Crippen LogP contribution < -0.4 is 0 Å². The van der Waals surface area contributed by atoms with Crippen LogP contribution in [0.25, 0.3) is 0 Å². The van der Waals surface area contributed by atoms with E-state index in [4.69, 9.17) is 0 Å². The normalized spacial score (nSPS) is 23.9. The van der Waals surface area contributed by atoms with Gasteiger partial charge in [-0.15, -0.1) is 0 Å². The zero-order valence-electron chi connectivity index (χ0n) is 9.91. The van der Waals surface area contributed by atoms with E-state index in [9.17, 15) is 8.42 Å². The highest BCUT2D eigenvalue weighted by atomic mass is 32.2. The molecule has 1 saturated heterocycles. The van der Waals surface area contributed by atoms with Gasteiger partial charge in [-0.3, -0.25) is 0 Å². The average molecular weight is 233 g/mol. The van der Waals surface area contributed by atoms with E-state index in [-0.39, 0.29) is 0 Å². The van der Waals surface area contributed by atoms with Crippen LogP contribution in [-0.2, 0) is 9.84 Å². The van der Waals surface area contributed by atoms with Gasteiger partial charge in [0.1, 0.15) is 0 Å². The molecule has 1 unspecified atom stereocenters. The second kappa shape index (κ2) is 5.85. The second-order valence-electron chi connectivity index (χ2n) is 4.65. The van der Waals surface area contributed by atoms with Gasteiger partial charge in [0.25, 0.3) is 0 Å². The first-order chi connectivity index (χ1) is 7.03. The molecule has 0 aromatic carbocycles. The van der Waals surface area contributed by atoms with E-state index in [0.29, 0.717) is 11.5 Å². The summed E-state index contributed by atoms with van der Waals surface area (Å²) in [6, 6.07) is 0. The molecule has 1 aliphatic heterocycles. The van der Waals surface area contributed by atoms with Crippen molar-refractivity contribution in [2.45, 2.75) is 33.1 Å². The largest absolute Gasteiger partial charge is 0.301 e. The number of hydrogen-bond donors (Lipinski definition) is 0. The van der Waals surface area contributed by atoms with Crippen molar-refractivity contribution in [3.8, 4) is 0 Å². The van der Waals surface area contributed by atoms with Crippen LogP contribution in [0.3, 0.4) is 0 Å². The molecule has 1 rings (SSSR count). The Kier molecular flexibility index (Phi) is 5.06. The molecule has 0 radical (unpaired) electrons. The lowest BCUT2D eigenvalue weighted by Crippen LogP contribution is -2.40. The highest BCUT2D eigenvalue weighted by molar-refractivity contribution is 7.91. The highest BCUT2D eigenvalue weighted by Gasteiger charge is 2.20. The minimum atomic E-state index is -2.70. The number of sulfone groups is 1. The molecule has 1 fully saturated rings. The molecule has 4 heteroatoms. The Morgan fingerprint density at radius 2 is 1.87 bits per heavy atom. The predicted molar refractivity (Wildman–Crippen MR) is 63.8 cm³/mol. The Labute approximate surface area is 93.8 Å². The molecule has 0 aromatic rings. The molecule has 3 nitrogen and oxygen atoms in total. The molecule has 1 aliphatic rings. The van der Waals surface area contributed by atoms with Gasteiger partial charge in [0.2, 0.25) is 0 Å². The molecule has 0 bridgehead atoms. The van der Waals surface area contributed by atoms with E-state index >= 15 is 0 Å². The van der Waals surface area contributed by atoms with Gasteiger partial charge in [0.05, 0.1) is 11.5 Å². The molecule has 0 saturated carbocycles. The van der Waals surface area contributed by atoms with Gasteiger partial charge < -0.3 is 4.90 Å². The summed E-state index contributed by atoms with van der Waals surface area (Å²) >= 11 is 0. The van der Waals surface area contributed by atoms with Crippen molar-refractivity contribution < 1.29 is 8.42 Å². The molecule has 15 heavy (non-hydrogen) atoms. The van der Waals surface area contributed by atoms with Crippen molar-refractivity contribution in [3.05, 3.63) is 0 Å². The lowest BCUT2D eigenvalue weighted by molar-refractivity contribution is 0.280. The fourth-order valence-electron chi connectivity index (χ4n) is 1.84. The molecule has 1 atom stereocenters. The SMILES string of the molecule is CCC(C)CCCN1CCS(=O)(=O)CC1. The van der Waals surface area contributed by atoms with Gasteiger partial charge in [-0.2, -0.15) is 0 Å². The van der Waals surface area contributed by atoms with Gasteiger partial charge in [0.15, 0.2) is 9.84 Å². The van der Waals surface area contributed by atoms with E-state index < -0.39 is 9.84 Å². The van der Waals surface area contributed by atoms with E-state index in [0.717, 1.165) is 25.6 Å². The molecule has 0 N–H and O–H groups in total. The topological polar surface area (TPSA) is 37.4 Å². The first-order valence-electron chi connectivity index (χ1n) is 5.96. The number of nitrogens with zero attached hydrogens (tertiary/aromatic N) is 1. The molecule has 0 aliphatic carbocycles. The summed E-state index contributed by atoms with van der Waals surface area (Å²) in [6.07, 6.45) is 3.71. The van der Waals surface area contributed by atoms with E-state index in [1.807, 2.05) is 0 Å². The van der Waals surface area contributed by atoms with Crippen molar-refractivity contribution in [1.82, 2.24) is 4.90 Å². The van der Waals surface area contributed by atoms with Crippen molar-refractivity contribution in [3.63, 3.8) is 0 Å². The van der Waals surface area contributed by atoms with E-state index in [1.54, 1.807) is 0 Å². The van der Waals surface area contributed by atoms with Crippen LogP contribution in [0.4, 0.5) is 0 Å². The van der Waals surface area contributed by atoms with E-state index in [2.05, 4.69) is 18.7 Å². The van der Waals surface area contributed by atoms with Crippen LogP contribution >= 0.6 is 0 Å². The minimum Gasteiger partial charge on any atom is -0.301 e. The molecular formula is C11H23NO2S. The van der Waals surface area contributed by atoms with Crippen LogP contribution in [-0.4, -0.2) is 44.5 Å². The molecule has 0 aromatic heterocycles. The predicted octanol–water partition coefficient (Wildman–Crippen LogP) is 1.54. The second-order valence-corrected chi connectivity index (χ2v) is 6.95.